The lowest BCUT2D eigenvalue weighted by molar-refractivity contribution is -0.162. The Bertz CT molecular complexity index is 741. The second kappa shape index (κ2) is 8.53. The number of rotatable bonds is 6. The van der Waals surface area contributed by atoms with E-state index in [0.717, 1.165) is 30.7 Å². The van der Waals surface area contributed by atoms with Gasteiger partial charge in [-0.1, -0.05) is 23.2 Å². The summed E-state index contributed by atoms with van der Waals surface area (Å²) in [4.78, 5) is 20.6. The lowest BCUT2D eigenvalue weighted by Crippen LogP contribution is -2.50. The maximum atomic E-state index is 13.1. The van der Waals surface area contributed by atoms with Gasteiger partial charge in [-0.3, -0.25) is 9.69 Å². The molecule has 2 atom stereocenters. The number of terminal acetylenes is 1. The van der Waals surface area contributed by atoms with Gasteiger partial charge >= 0.3 is 5.97 Å². The Hall–Kier alpha value is -2.39. The summed E-state index contributed by atoms with van der Waals surface area (Å²) in [7, 11) is 0. The standard InChI is InChI=1S/C21H25FN2O3/c1-3-11-24-12-5-10-21(15-24,20(25)26-4-2)14-18-13-19(23-27-18)16-6-8-17(22)9-7-16/h1,6-9,18H,4-5,10-15H2,2H3/t18-,21-/m1/s1. The molecule has 0 radical (unpaired) electrons. The van der Waals surface area contributed by atoms with Crippen molar-refractivity contribution < 1.29 is 18.8 Å². The molecule has 0 amide bonds. The second-order valence-electron chi connectivity index (χ2n) is 7.20. The van der Waals surface area contributed by atoms with Crippen LogP contribution in [0.4, 0.5) is 4.39 Å². The smallest absolute Gasteiger partial charge is 0.313 e. The predicted molar refractivity (Wildman–Crippen MR) is 101 cm³/mol. The van der Waals surface area contributed by atoms with E-state index in [9.17, 15) is 9.18 Å². The first kappa shape index (κ1) is 19.4. The first-order valence-corrected chi connectivity index (χ1v) is 9.38. The van der Waals surface area contributed by atoms with Gasteiger partial charge in [0.25, 0.3) is 0 Å². The number of benzene rings is 1. The third-order valence-corrected chi connectivity index (χ3v) is 5.21. The number of carbonyl (C=O) groups is 1. The molecule has 0 N–H and O–H groups in total. The molecule has 144 valence electrons. The number of piperidine rings is 1. The first-order valence-electron chi connectivity index (χ1n) is 9.38. The summed E-state index contributed by atoms with van der Waals surface area (Å²) in [5, 5.41) is 4.17. The van der Waals surface area contributed by atoms with Crippen molar-refractivity contribution in [2.75, 3.05) is 26.2 Å². The quantitative estimate of drug-likeness (QED) is 0.569. The number of carbonyl (C=O) groups excluding carboxylic acids is 1. The highest BCUT2D eigenvalue weighted by Crippen LogP contribution is 2.38. The molecule has 2 aliphatic rings. The highest BCUT2D eigenvalue weighted by atomic mass is 19.1. The average molecular weight is 372 g/mol. The molecule has 1 aromatic carbocycles. The molecular formula is C21H25FN2O3. The molecule has 3 rings (SSSR count). The van der Waals surface area contributed by atoms with Crippen molar-refractivity contribution in [3.05, 3.63) is 35.6 Å². The van der Waals surface area contributed by atoms with Gasteiger partial charge in [0.2, 0.25) is 0 Å². The van der Waals surface area contributed by atoms with Gasteiger partial charge in [-0.05, 0) is 44.0 Å². The van der Waals surface area contributed by atoms with E-state index in [1.807, 2.05) is 6.92 Å². The third kappa shape index (κ3) is 4.48. The molecule has 0 spiro atoms. The van der Waals surface area contributed by atoms with Crippen LogP contribution in [0.5, 0.6) is 0 Å². The van der Waals surface area contributed by atoms with E-state index in [1.165, 1.54) is 12.1 Å². The minimum absolute atomic E-state index is 0.189. The molecule has 1 saturated heterocycles. The van der Waals surface area contributed by atoms with Gasteiger partial charge in [0, 0.05) is 19.4 Å². The van der Waals surface area contributed by atoms with Crippen molar-refractivity contribution in [2.24, 2.45) is 10.6 Å². The Kier molecular flexibility index (Phi) is 6.12. The lowest BCUT2D eigenvalue weighted by atomic mass is 9.74. The largest absolute Gasteiger partial charge is 0.466 e. The van der Waals surface area contributed by atoms with Crippen LogP contribution >= 0.6 is 0 Å². The normalized spacial score (nSPS) is 25.4. The topological polar surface area (TPSA) is 51.1 Å². The van der Waals surface area contributed by atoms with Crippen molar-refractivity contribution in [1.82, 2.24) is 4.90 Å². The van der Waals surface area contributed by atoms with Crippen LogP contribution in [-0.4, -0.2) is 48.9 Å². The molecule has 0 bridgehead atoms. The highest BCUT2D eigenvalue weighted by molar-refractivity contribution is 6.01. The zero-order chi connectivity index (χ0) is 19.3. The number of oxime groups is 1. The highest BCUT2D eigenvalue weighted by Gasteiger charge is 2.46. The van der Waals surface area contributed by atoms with Crippen LogP contribution in [0.15, 0.2) is 29.4 Å². The van der Waals surface area contributed by atoms with Crippen molar-refractivity contribution in [3.8, 4) is 12.3 Å². The van der Waals surface area contributed by atoms with Gasteiger partial charge in [-0.15, -0.1) is 6.42 Å². The maximum absolute atomic E-state index is 13.1. The summed E-state index contributed by atoms with van der Waals surface area (Å²) in [5.41, 5.74) is 0.973. The number of halogens is 1. The van der Waals surface area contributed by atoms with Crippen LogP contribution < -0.4 is 0 Å². The van der Waals surface area contributed by atoms with Gasteiger partial charge in [-0.25, -0.2) is 4.39 Å². The second-order valence-corrected chi connectivity index (χ2v) is 7.20. The number of ether oxygens (including phenoxy) is 1. The molecular weight excluding hydrogens is 347 g/mol. The van der Waals surface area contributed by atoms with E-state index < -0.39 is 5.41 Å². The predicted octanol–water partition coefficient (Wildman–Crippen LogP) is 2.99. The Morgan fingerprint density at radius 1 is 1.48 bits per heavy atom. The zero-order valence-electron chi connectivity index (χ0n) is 15.6. The van der Waals surface area contributed by atoms with E-state index in [2.05, 4.69) is 16.0 Å². The number of likely N-dealkylation sites (tertiary alicyclic amines) is 1. The summed E-state index contributed by atoms with van der Waals surface area (Å²) < 4.78 is 18.5. The number of hydrogen-bond acceptors (Lipinski definition) is 5. The molecule has 0 aromatic heterocycles. The fourth-order valence-corrected chi connectivity index (χ4v) is 3.98. The minimum Gasteiger partial charge on any atom is -0.466 e. The molecule has 0 saturated carbocycles. The maximum Gasteiger partial charge on any atom is 0.313 e. The number of hydrogen-bond donors (Lipinski definition) is 0. The van der Waals surface area contributed by atoms with E-state index in [-0.39, 0.29) is 17.9 Å². The minimum atomic E-state index is -0.635. The molecule has 1 aromatic rings. The van der Waals surface area contributed by atoms with Crippen molar-refractivity contribution in [1.29, 1.82) is 0 Å². The Morgan fingerprint density at radius 3 is 2.96 bits per heavy atom. The van der Waals surface area contributed by atoms with Crippen LogP contribution in [0.2, 0.25) is 0 Å². The zero-order valence-corrected chi connectivity index (χ0v) is 15.6. The summed E-state index contributed by atoms with van der Waals surface area (Å²) >= 11 is 0. The molecule has 1 fully saturated rings. The molecule has 27 heavy (non-hydrogen) atoms. The number of nitrogens with zero attached hydrogens (tertiary/aromatic N) is 2. The van der Waals surface area contributed by atoms with Crippen molar-refractivity contribution >= 4 is 11.7 Å². The van der Waals surface area contributed by atoms with E-state index in [4.69, 9.17) is 16.0 Å². The fourth-order valence-electron chi connectivity index (χ4n) is 3.98. The van der Waals surface area contributed by atoms with Crippen LogP contribution in [0.3, 0.4) is 0 Å². The van der Waals surface area contributed by atoms with Gasteiger partial charge < -0.3 is 9.57 Å². The molecule has 0 unspecified atom stereocenters. The van der Waals surface area contributed by atoms with Gasteiger partial charge in [0.1, 0.15) is 11.9 Å². The summed E-state index contributed by atoms with van der Waals surface area (Å²) in [6, 6.07) is 6.20. The van der Waals surface area contributed by atoms with E-state index >= 15 is 0 Å². The van der Waals surface area contributed by atoms with Crippen LogP contribution in [0.1, 0.15) is 38.2 Å². The summed E-state index contributed by atoms with van der Waals surface area (Å²) in [6.45, 7) is 4.13. The Balaban J connectivity index is 1.71. The molecule has 2 heterocycles. The fraction of sp³-hybridized carbons (Fsp3) is 0.524. The van der Waals surface area contributed by atoms with Crippen LogP contribution in [0, 0.1) is 23.6 Å². The monoisotopic (exact) mass is 372 g/mol. The first-order chi connectivity index (χ1) is 13.1. The molecule has 6 heteroatoms. The third-order valence-electron chi connectivity index (χ3n) is 5.21. The van der Waals surface area contributed by atoms with Crippen LogP contribution in [-0.2, 0) is 14.4 Å². The lowest BCUT2D eigenvalue weighted by Gasteiger charge is -2.41. The van der Waals surface area contributed by atoms with E-state index in [1.54, 1.807) is 12.1 Å². The van der Waals surface area contributed by atoms with Gasteiger partial charge in [-0.2, -0.15) is 0 Å². The summed E-state index contributed by atoms with van der Waals surface area (Å²) in [6.07, 6.45) is 8.00. The molecule has 5 nitrogen and oxygen atoms in total. The SMILES string of the molecule is C#CCN1CCC[C@](C[C@H]2CC(c3ccc(F)cc3)=NO2)(C(=O)OCC)C1. The van der Waals surface area contributed by atoms with Crippen molar-refractivity contribution in [2.45, 2.75) is 38.7 Å². The number of esters is 1. The van der Waals surface area contributed by atoms with E-state index in [0.29, 0.717) is 32.5 Å². The Morgan fingerprint density at radius 2 is 2.26 bits per heavy atom. The molecule has 0 aliphatic carbocycles. The summed E-state index contributed by atoms with van der Waals surface area (Å²) in [5.74, 6) is 2.19. The molecule has 2 aliphatic heterocycles. The van der Waals surface area contributed by atoms with Crippen molar-refractivity contribution in [3.63, 3.8) is 0 Å². The average Bonchev–Trinajstić information content (AvgIpc) is 3.11. The van der Waals surface area contributed by atoms with Crippen LogP contribution in [0.25, 0.3) is 0 Å². The van der Waals surface area contributed by atoms with Gasteiger partial charge in [0.15, 0.2) is 0 Å². The van der Waals surface area contributed by atoms with Gasteiger partial charge in [0.05, 0.1) is 24.3 Å². The Labute approximate surface area is 159 Å².